The van der Waals surface area contributed by atoms with Crippen LogP contribution in [0.3, 0.4) is 0 Å². The van der Waals surface area contributed by atoms with Gasteiger partial charge in [0.05, 0.1) is 19.1 Å². The molecule has 0 aliphatic heterocycles. The summed E-state index contributed by atoms with van der Waals surface area (Å²) in [6.07, 6.45) is 4.81. The predicted octanol–water partition coefficient (Wildman–Crippen LogP) is 1.58. The number of anilines is 1. The molecule has 0 radical (unpaired) electrons. The topological polar surface area (TPSA) is 87.4 Å². The van der Waals surface area contributed by atoms with Crippen molar-refractivity contribution in [3.8, 4) is 5.69 Å². The van der Waals surface area contributed by atoms with Gasteiger partial charge >= 0.3 is 0 Å². The van der Waals surface area contributed by atoms with Gasteiger partial charge in [-0.25, -0.2) is 9.07 Å². The van der Waals surface area contributed by atoms with Crippen molar-refractivity contribution in [1.82, 2.24) is 29.5 Å². The van der Waals surface area contributed by atoms with E-state index in [0.717, 1.165) is 0 Å². The molecule has 4 rings (SSSR count). The predicted molar refractivity (Wildman–Crippen MR) is 81.2 cm³/mol. The smallest absolute Gasteiger partial charge is 0.148 e. The minimum absolute atomic E-state index is 0. The molecule has 3 aromatic heterocycles. The second-order valence-electron chi connectivity index (χ2n) is 4.96. The minimum Gasteiger partial charge on any atom is -0.434 e. The number of rotatable bonds is 3. The first-order valence-electron chi connectivity index (χ1n) is 6.85. The number of hydrogen-bond acceptors (Lipinski definition) is 5. The number of para-hydroxylation sites is 1. The number of nitrogens with zero attached hydrogens (tertiary/aromatic N) is 6. The van der Waals surface area contributed by atoms with Crippen LogP contribution in [0.1, 0.15) is 5.69 Å². The van der Waals surface area contributed by atoms with Crippen molar-refractivity contribution in [2.45, 2.75) is 6.54 Å². The van der Waals surface area contributed by atoms with Crippen LogP contribution < -0.4 is 5.73 Å². The van der Waals surface area contributed by atoms with Gasteiger partial charge in [0.1, 0.15) is 17.2 Å². The van der Waals surface area contributed by atoms with Crippen LogP contribution in [0.15, 0.2) is 43.0 Å². The molecule has 0 saturated carbocycles. The second-order valence-corrected chi connectivity index (χ2v) is 4.96. The molecule has 0 atom stereocenters. The summed E-state index contributed by atoms with van der Waals surface area (Å²) in [5.41, 5.74) is 7.47. The largest absolute Gasteiger partial charge is 0.434 e. The SMILES string of the molecule is Nc1ncnc2c1[c-]cn2Cc1cn(-c2ccccc2F)nn1.[W]. The van der Waals surface area contributed by atoms with Crippen molar-refractivity contribution >= 4 is 16.9 Å². The monoisotopic (exact) mass is 492 g/mol. The van der Waals surface area contributed by atoms with Gasteiger partial charge in [-0.1, -0.05) is 23.5 Å². The van der Waals surface area contributed by atoms with E-state index in [-0.39, 0.29) is 26.9 Å². The van der Waals surface area contributed by atoms with Gasteiger partial charge in [-0.05, 0) is 12.1 Å². The van der Waals surface area contributed by atoms with Gasteiger partial charge in [0.2, 0.25) is 0 Å². The molecule has 0 spiro atoms. The Labute approximate surface area is 150 Å². The van der Waals surface area contributed by atoms with E-state index in [9.17, 15) is 4.39 Å². The number of halogens is 1. The molecule has 0 aliphatic rings. The van der Waals surface area contributed by atoms with E-state index < -0.39 is 0 Å². The van der Waals surface area contributed by atoms with Gasteiger partial charge in [-0.15, -0.1) is 10.5 Å². The first kappa shape index (κ1) is 16.3. The molecule has 0 unspecified atom stereocenters. The van der Waals surface area contributed by atoms with E-state index in [1.165, 1.54) is 17.1 Å². The molecular formula is C15H11FN7W-. The summed E-state index contributed by atoms with van der Waals surface area (Å²) >= 11 is 0. The fourth-order valence-corrected chi connectivity index (χ4v) is 2.37. The number of aromatic nitrogens is 6. The zero-order chi connectivity index (χ0) is 15.8. The van der Waals surface area contributed by atoms with Crippen molar-refractivity contribution in [3.05, 3.63) is 60.6 Å². The number of nitrogen functional groups attached to an aromatic ring is 1. The summed E-state index contributed by atoms with van der Waals surface area (Å²) in [6.45, 7) is 0.422. The molecular weight excluding hydrogens is 481 g/mol. The van der Waals surface area contributed by atoms with E-state index in [0.29, 0.717) is 34.8 Å². The first-order chi connectivity index (χ1) is 11.2. The number of benzene rings is 1. The Morgan fingerprint density at radius 2 is 2.04 bits per heavy atom. The van der Waals surface area contributed by atoms with Crippen LogP contribution in [0.25, 0.3) is 16.7 Å². The Bertz CT molecular complexity index is 994. The Morgan fingerprint density at radius 3 is 2.88 bits per heavy atom. The Morgan fingerprint density at radius 1 is 1.21 bits per heavy atom. The molecule has 3 heterocycles. The average molecular weight is 492 g/mol. The molecule has 9 heteroatoms. The third-order valence-corrected chi connectivity index (χ3v) is 3.47. The molecule has 0 fully saturated rings. The van der Waals surface area contributed by atoms with E-state index >= 15 is 0 Å². The van der Waals surface area contributed by atoms with Crippen molar-refractivity contribution in [3.63, 3.8) is 0 Å². The van der Waals surface area contributed by atoms with Crippen molar-refractivity contribution in [1.29, 1.82) is 0 Å². The number of hydrogen-bond donors (Lipinski definition) is 1. The van der Waals surface area contributed by atoms with E-state index in [2.05, 4.69) is 26.3 Å². The molecule has 1 aromatic carbocycles. The summed E-state index contributed by atoms with van der Waals surface area (Å²) < 4.78 is 17.0. The Balaban J connectivity index is 0.00000169. The normalized spacial score (nSPS) is 10.7. The maximum atomic E-state index is 13.8. The van der Waals surface area contributed by atoms with Crippen LogP contribution >= 0.6 is 0 Å². The maximum absolute atomic E-state index is 13.8. The molecule has 24 heavy (non-hydrogen) atoms. The summed E-state index contributed by atoms with van der Waals surface area (Å²) in [7, 11) is 0. The van der Waals surface area contributed by atoms with E-state index in [4.69, 9.17) is 5.73 Å². The van der Waals surface area contributed by atoms with Crippen LogP contribution in [-0.2, 0) is 27.6 Å². The summed E-state index contributed by atoms with van der Waals surface area (Å²) in [6, 6.07) is 9.41. The molecule has 2 N–H and O–H groups in total. The first-order valence-corrected chi connectivity index (χ1v) is 6.85. The summed E-state index contributed by atoms with van der Waals surface area (Å²) in [5.74, 6) is 0.0213. The van der Waals surface area contributed by atoms with Gasteiger partial charge < -0.3 is 10.3 Å². The molecule has 0 amide bonds. The van der Waals surface area contributed by atoms with Crippen LogP contribution in [0.5, 0.6) is 0 Å². The second kappa shape index (κ2) is 6.49. The zero-order valence-corrected chi connectivity index (χ0v) is 15.2. The van der Waals surface area contributed by atoms with Crippen molar-refractivity contribution in [2.24, 2.45) is 0 Å². The standard InChI is InChI=1S/C15H11FN7.W/c16-12-3-1-2-4-13(12)23-8-10(20-21-23)7-22-6-5-11-14(17)18-9-19-15(11)22;/h1-4,6,8-9H,7H2,(H2,17,18,19);/q-1;. The molecule has 4 aromatic rings. The van der Waals surface area contributed by atoms with Gasteiger partial charge in [-0.3, -0.25) is 9.97 Å². The Kier molecular flexibility index (Phi) is 4.40. The quantitative estimate of drug-likeness (QED) is 0.439. The van der Waals surface area contributed by atoms with Gasteiger partial charge in [-0.2, -0.15) is 6.07 Å². The fourth-order valence-electron chi connectivity index (χ4n) is 2.37. The van der Waals surface area contributed by atoms with Crippen LogP contribution in [-0.4, -0.2) is 29.5 Å². The molecule has 0 aliphatic carbocycles. The fraction of sp³-hybridized carbons (Fsp3) is 0.0667. The van der Waals surface area contributed by atoms with Crippen molar-refractivity contribution in [2.75, 3.05) is 5.73 Å². The van der Waals surface area contributed by atoms with Crippen LogP contribution in [0, 0.1) is 11.9 Å². The summed E-state index contributed by atoms with van der Waals surface area (Å²) in [5, 5.41) is 8.71. The van der Waals surface area contributed by atoms with Crippen LogP contribution in [0.2, 0.25) is 0 Å². The third kappa shape index (κ3) is 2.80. The Hall–Kier alpha value is -2.60. The number of fused-ring (bicyclic) bond motifs is 1. The van der Waals surface area contributed by atoms with Gasteiger partial charge in [0.25, 0.3) is 0 Å². The summed E-state index contributed by atoms with van der Waals surface area (Å²) in [4.78, 5) is 8.13. The molecule has 0 bridgehead atoms. The average Bonchev–Trinajstić information content (AvgIpc) is 3.17. The molecule has 0 saturated heterocycles. The van der Waals surface area contributed by atoms with E-state index in [1.807, 2.05) is 4.57 Å². The van der Waals surface area contributed by atoms with Crippen molar-refractivity contribution < 1.29 is 25.5 Å². The minimum atomic E-state index is -0.357. The molecule has 7 nitrogen and oxygen atoms in total. The molecule has 120 valence electrons. The number of nitrogens with two attached hydrogens (primary N) is 1. The van der Waals surface area contributed by atoms with Gasteiger partial charge in [0.15, 0.2) is 0 Å². The van der Waals surface area contributed by atoms with Gasteiger partial charge in [0, 0.05) is 32.5 Å². The third-order valence-electron chi connectivity index (χ3n) is 3.47. The maximum Gasteiger partial charge on any atom is 0.148 e. The zero-order valence-electron chi connectivity index (χ0n) is 12.3. The van der Waals surface area contributed by atoms with Crippen LogP contribution in [0.4, 0.5) is 10.2 Å². The van der Waals surface area contributed by atoms with E-state index in [1.54, 1.807) is 30.6 Å².